The number of fused-ring (bicyclic) bond motifs is 1. The molecular weight excluding hydrogens is 371 g/mol. The van der Waals surface area contributed by atoms with Gasteiger partial charge in [0.2, 0.25) is 0 Å². The van der Waals surface area contributed by atoms with Gasteiger partial charge in [0.15, 0.2) is 10.9 Å². The zero-order chi connectivity index (χ0) is 18.0. The number of thioether (sulfide) groups is 1. The third kappa shape index (κ3) is 4.00. The molecule has 0 saturated carbocycles. The van der Waals surface area contributed by atoms with Gasteiger partial charge < -0.3 is 5.73 Å². The van der Waals surface area contributed by atoms with Gasteiger partial charge in [0.05, 0.1) is 10.3 Å². The summed E-state index contributed by atoms with van der Waals surface area (Å²) in [6.45, 7) is 0. The van der Waals surface area contributed by atoms with Gasteiger partial charge in [-0.2, -0.15) is 18.4 Å². The third-order valence-electron chi connectivity index (χ3n) is 3.24. The van der Waals surface area contributed by atoms with E-state index in [4.69, 9.17) is 11.0 Å². The Balaban J connectivity index is 1.71. The van der Waals surface area contributed by atoms with Crippen molar-refractivity contribution in [2.45, 2.75) is 17.8 Å². The highest BCUT2D eigenvalue weighted by molar-refractivity contribution is 7.99. The fourth-order valence-corrected chi connectivity index (χ4v) is 3.76. The Morgan fingerprint density at radius 1 is 1.28 bits per heavy atom. The molecular formula is C15H10F3N5S2. The van der Waals surface area contributed by atoms with Gasteiger partial charge in [0, 0.05) is 34.5 Å². The number of nitrogens with two attached hydrogens (primary N) is 1. The van der Waals surface area contributed by atoms with Crippen LogP contribution in [-0.4, -0.2) is 20.7 Å². The lowest BCUT2D eigenvalue weighted by molar-refractivity contribution is -0.141. The molecule has 25 heavy (non-hydrogen) atoms. The molecule has 0 radical (unpaired) electrons. The number of anilines is 1. The predicted octanol–water partition coefficient (Wildman–Crippen LogP) is 3.89. The van der Waals surface area contributed by atoms with E-state index in [9.17, 15) is 13.2 Å². The summed E-state index contributed by atoms with van der Waals surface area (Å²) in [6.07, 6.45) is -2.37. The number of nitriles is 1. The Morgan fingerprint density at radius 3 is 2.80 bits per heavy atom. The summed E-state index contributed by atoms with van der Waals surface area (Å²) in [5, 5.41) is 11.6. The molecule has 10 heteroatoms. The minimum atomic E-state index is -4.56. The molecule has 0 unspecified atom stereocenters. The second-order valence-electron chi connectivity index (χ2n) is 4.99. The summed E-state index contributed by atoms with van der Waals surface area (Å²) in [6, 6.07) is 4.66. The van der Waals surface area contributed by atoms with Crippen LogP contribution in [0.5, 0.6) is 0 Å². The van der Waals surface area contributed by atoms with Crippen LogP contribution in [0.15, 0.2) is 28.9 Å². The van der Waals surface area contributed by atoms with Crippen molar-refractivity contribution >= 4 is 39.0 Å². The van der Waals surface area contributed by atoms with Crippen LogP contribution in [-0.2, 0) is 12.6 Å². The number of nitrogen functional groups attached to an aromatic ring is 1. The summed E-state index contributed by atoms with van der Waals surface area (Å²) in [5.41, 5.74) is 5.69. The summed E-state index contributed by atoms with van der Waals surface area (Å²) in [5.74, 6) is 0.215. The second kappa shape index (κ2) is 6.85. The van der Waals surface area contributed by atoms with Crippen molar-refractivity contribution < 1.29 is 13.2 Å². The Bertz CT molecular complexity index is 962. The Hall–Kier alpha value is -2.38. The molecule has 3 heterocycles. The minimum absolute atomic E-state index is 0.0262. The molecule has 3 aromatic rings. The van der Waals surface area contributed by atoms with E-state index in [0.717, 1.165) is 27.5 Å². The fraction of sp³-hybridized carbons (Fsp3) is 0.200. The molecule has 2 N–H and O–H groups in total. The first-order valence-electron chi connectivity index (χ1n) is 6.97. The number of aryl methyl sites for hydroxylation is 1. The highest BCUT2D eigenvalue weighted by Crippen LogP contribution is 2.30. The van der Waals surface area contributed by atoms with Crippen LogP contribution in [0, 0.1) is 11.3 Å². The highest BCUT2D eigenvalue weighted by Gasteiger charge is 2.33. The maximum Gasteiger partial charge on any atom is 0.433 e. The lowest BCUT2D eigenvalue weighted by Gasteiger charge is -2.08. The van der Waals surface area contributed by atoms with Crippen molar-refractivity contribution in [1.82, 2.24) is 15.0 Å². The number of rotatable bonds is 4. The maximum atomic E-state index is 12.7. The Morgan fingerprint density at radius 2 is 2.08 bits per heavy atom. The molecule has 0 aliphatic carbocycles. The molecule has 5 nitrogen and oxygen atoms in total. The van der Waals surface area contributed by atoms with E-state index in [1.54, 1.807) is 11.6 Å². The smallest absolute Gasteiger partial charge is 0.384 e. The molecule has 0 atom stereocenters. The molecule has 0 amide bonds. The summed E-state index contributed by atoms with van der Waals surface area (Å²) in [7, 11) is 0. The standard InChI is InChI=1S/C15H10F3N5S2/c16-15(17,18)12-4-13(20)23-14(22-12)24-2-1-9-3-10-8(5-19)7-25-11(10)6-21-9/h3-4,6-7H,1-2H2,(H2,20,22,23). The molecule has 0 bridgehead atoms. The number of alkyl halides is 3. The van der Waals surface area contributed by atoms with Crippen LogP contribution >= 0.6 is 23.1 Å². The number of hydrogen-bond donors (Lipinski definition) is 1. The number of pyridine rings is 1. The lowest BCUT2D eigenvalue weighted by Crippen LogP contribution is -2.11. The molecule has 0 aliphatic heterocycles. The van der Waals surface area contributed by atoms with Gasteiger partial charge in [-0.3, -0.25) is 4.98 Å². The average molecular weight is 381 g/mol. The molecule has 3 rings (SSSR count). The second-order valence-corrected chi connectivity index (χ2v) is 6.96. The van der Waals surface area contributed by atoms with Crippen molar-refractivity contribution in [3.63, 3.8) is 0 Å². The number of hydrogen-bond acceptors (Lipinski definition) is 7. The van der Waals surface area contributed by atoms with E-state index < -0.39 is 11.9 Å². The molecule has 0 fully saturated rings. The molecule has 3 aromatic heterocycles. The molecule has 0 spiro atoms. The quantitative estimate of drug-likeness (QED) is 0.545. The largest absolute Gasteiger partial charge is 0.433 e. The number of halogens is 3. The van der Waals surface area contributed by atoms with E-state index in [1.807, 2.05) is 6.07 Å². The topological polar surface area (TPSA) is 88.5 Å². The fourth-order valence-electron chi connectivity index (χ4n) is 2.10. The van der Waals surface area contributed by atoms with Crippen LogP contribution in [0.4, 0.5) is 19.0 Å². The van der Waals surface area contributed by atoms with E-state index in [-0.39, 0.29) is 11.0 Å². The monoisotopic (exact) mass is 381 g/mol. The van der Waals surface area contributed by atoms with Crippen LogP contribution in [0.3, 0.4) is 0 Å². The Labute approximate surface area is 148 Å². The van der Waals surface area contributed by atoms with Gasteiger partial charge in [-0.05, 0) is 12.5 Å². The van der Waals surface area contributed by atoms with Gasteiger partial charge in [-0.25, -0.2) is 9.97 Å². The Kier molecular flexibility index (Phi) is 4.78. The van der Waals surface area contributed by atoms with Crippen molar-refractivity contribution in [2.75, 3.05) is 11.5 Å². The highest BCUT2D eigenvalue weighted by atomic mass is 32.2. The SMILES string of the molecule is N#Cc1csc2cnc(CCSc3nc(N)cc(C(F)(F)F)n3)cc12. The van der Waals surface area contributed by atoms with Gasteiger partial charge in [-0.15, -0.1) is 11.3 Å². The van der Waals surface area contributed by atoms with Gasteiger partial charge in [0.25, 0.3) is 0 Å². The minimum Gasteiger partial charge on any atom is -0.384 e. The lowest BCUT2D eigenvalue weighted by atomic mass is 10.2. The zero-order valence-electron chi connectivity index (χ0n) is 12.5. The van der Waals surface area contributed by atoms with Gasteiger partial charge in [-0.1, -0.05) is 11.8 Å². The van der Waals surface area contributed by atoms with Crippen LogP contribution in [0.2, 0.25) is 0 Å². The van der Waals surface area contributed by atoms with E-state index in [1.165, 1.54) is 11.3 Å². The van der Waals surface area contributed by atoms with Crippen LogP contribution in [0.25, 0.3) is 10.1 Å². The van der Waals surface area contributed by atoms with Crippen molar-refractivity contribution in [3.05, 3.63) is 40.7 Å². The number of aromatic nitrogens is 3. The maximum absolute atomic E-state index is 12.7. The first-order chi connectivity index (χ1) is 11.9. The molecule has 0 aliphatic rings. The number of thiophene rings is 1. The first-order valence-corrected chi connectivity index (χ1v) is 8.84. The van der Waals surface area contributed by atoms with Crippen molar-refractivity contribution in [3.8, 4) is 6.07 Å². The van der Waals surface area contributed by atoms with Crippen LogP contribution < -0.4 is 5.73 Å². The van der Waals surface area contributed by atoms with Crippen LogP contribution in [0.1, 0.15) is 17.0 Å². The predicted molar refractivity (Wildman–Crippen MR) is 90.2 cm³/mol. The van der Waals surface area contributed by atoms with Crippen molar-refractivity contribution in [2.24, 2.45) is 0 Å². The van der Waals surface area contributed by atoms with Gasteiger partial charge in [0.1, 0.15) is 11.9 Å². The number of nitrogens with zero attached hydrogens (tertiary/aromatic N) is 4. The first kappa shape index (κ1) is 17.4. The van der Waals surface area contributed by atoms with E-state index >= 15 is 0 Å². The summed E-state index contributed by atoms with van der Waals surface area (Å²) < 4.78 is 39.1. The van der Waals surface area contributed by atoms with E-state index in [2.05, 4.69) is 21.0 Å². The zero-order valence-corrected chi connectivity index (χ0v) is 14.2. The summed E-state index contributed by atoms with van der Waals surface area (Å²) in [4.78, 5) is 11.6. The molecule has 128 valence electrons. The third-order valence-corrected chi connectivity index (χ3v) is 5.03. The molecule has 0 saturated heterocycles. The summed E-state index contributed by atoms with van der Waals surface area (Å²) >= 11 is 2.52. The van der Waals surface area contributed by atoms with E-state index in [0.29, 0.717) is 23.8 Å². The molecule has 0 aromatic carbocycles. The normalized spacial score (nSPS) is 11.6. The average Bonchev–Trinajstić information content (AvgIpc) is 2.96. The van der Waals surface area contributed by atoms with Crippen molar-refractivity contribution in [1.29, 1.82) is 5.26 Å². The van der Waals surface area contributed by atoms with Gasteiger partial charge >= 0.3 is 6.18 Å².